The third-order valence-corrected chi connectivity index (χ3v) is 12.4. The molecule has 2 aromatic rings. The number of benzene rings is 2. The highest BCUT2D eigenvalue weighted by Crippen LogP contribution is 2.47. The molecular formula is C16H16I2O12S4. The summed E-state index contributed by atoms with van der Waals surface area (Å²) in [5.74, 6) is 0. The molecule has 18 heteroatoms. The second-order valence-corrected chi connectivity index (χ2v) is 14.7. The van der Waals surface area contributed by atoms with Crippen molar-refractivity contribution in [2.75, 3.05) is 0 Å². The average molecular weight is 782 g/mol. The largest absolute Gasteiger partial charge is 0.295 e. The van der Waals surface area contributed by atoms with Crippen molar-refractivity contribution in [3.63, 3.8) is 0 Å². The summed E-state index contributed by atoms with van der Waals surface area (Å²) in [7, 11) is -20.6. The Morgan fingerprint density at radius 2 is 0.647 bits per heavy atom. The minimum absolute atomic E-state index is 0.322. The Morgan fingerprint density at radius 1 is 0.441 bits per heavy atom. The van der Waals surface area contributed by atoms with Crippen molar-refractivity contribution in [3.05, 3.63) is 29.4 Å². The van der Waals surface area contributed by atoms with Crippen molar-refractivity contribution in [2.45, 2.75) is 47.3 Å². The van der Waals surface area contributed by atoms with Crippen molar-refractivity contribution in [1.29, 1.82) is 0 Å². The van der Waals surface area contributed by atoms with Gasteiger partial charge in [0.25, 0.3) is 40.5 Å². The van der Waals surface area contributed by atoms with E-state index in [1.807, 2.05) is 0 Å². The van der Waals surface area contributed by atoms with Crippen molar-refractivity contribution in [3.8, 4) is 11.1 Å². The maximum Gasteiger partial charge on any atom is 0.295 e. The van der Waals surface area contributed by atoms with Crippen LogP contribution >= 0.6 is 45.2 Å². The van der Waals surface area contributed by atoms with Gasteiger partial charge >= 0.3 is 0 Å². The molecule has 0 saturated heterocycles. The van der Waals surface area contributed by atoms with Gasteiger partial charge in [0.2, 0.25) is 0 Å². The molecule has 2 rings (SSSR count). The highest BCUT2D eigenvalue weighted by Gasteiger charge is 2.37. The van der Waals surface area contributed by atoms with Gasteiger partial charge < -0.3 is 0 Å². The molecule has 0 aromatic heterocycles. The lowest BCUT2D eigenvalue weighted by Crippen LogP contribution is -2.17. The normalized spacial score (nSPS) is 13.4. The molecule has 0 bridgehead atoms. The third kappa shape index (κ3) is 5.16. The SMILES string of the molecule is Cc1c(-c2c(C)c(S(=O)(=O)O)c(I)c(C)c2S(=O)(=O)O)c(S(=O)(=O)O)c(C)c(I)c1S(=O)(=O)O. The summed E-state index contributed by atoms with van der Waals surface area (Å²) >= 11 is 2.81. The van der Waals surface area contributed by atoms with Gasteiger partial charge in [0.05, 0.1) is 0 Å². The van der Waals surface area contributed by atoms with Crippen LogP contribution in [0.4, 0.5) is 0 Å². The Labute approximate surface area is 223 Å². The Balaban J connectivity index is 3.62. The summed E-state index contributed by atoms with van der Waals surface area (Å²) in [5, 5.41) is 0. The van der Waals surface area contributed by atoms with E-state index in [9.17, 15) is 51.9 Å². The van der Waals surface area contributed by atoms with Crippen molar-refractivity contribution in [1.82, 2.24) is 0 Å². The molecule has 0 saturated carbocycles. The summed E-state index contributed by atoms with van der Waals surface area (Å²) < 4.78 is 137. The van der Waals surface area contributed by atoms with Gasteiger partial charge in [0.15, 0.2) is 0 Å². The van der Waals surface area contributed by atoms with Crippen LogP contribution < -0.4 is 0 Å². The monoisotopic (exact) mass is 782 g/mol. The maximum absolute atomic E-state index is 12.4. The van der Waals surface area contributed by atoms with E-state index in [1.165, 1.54) is 45.2 Å². The predicted molar refractivity (Wildman–Crippen MR) is 136 cm³/mol. The smallest absolute Gasteiger partial charge is 0.282 e. The summed E-state index contributed by atoms with van der Waals surface area (Å²) in [5.41, 5.74) is -3.58. The molecule has 0 aliphatic carbocycles. The Bertz CT molecular complexity index is 1560. The summed E-state index contributed by atoms with van der Waals surface area (Å²) in [6, 6.07) is 0. The van der Waals surface area contributed by atoms with Crippen molar-refractivity contribution >= 4 is 85.7 Å². The molecule has 0 atom stereocenters. The van der Waals surface area contributed by atoms with E-state index in [-0.39, 0.29) is 7.14 Å². The fourth-order valence-corrected chi connectivity index (χ4v) is 10.8. The topological polar surface area (TPSA) is 217 Å². The zero-order valence-electron chi connectivity index (χ0n) is 17.4. The predicted octanol–water partition coefficient (Wildman–Crippen LogP) is 2.78. The van der Waals surface area contributed by atoms with E-state index >= 15 is 0 Å². The zero-order valence-corrected chi connectivity index (χ0v) is 25.0. The minimum Gasteiger partial charge on any atom is -0.282 e. The number of rotatable bonds is 5. The maximum atomic E-state index is 12.4. The van der Waals surface area contributed by atoms with Gasteiger partial charge in [-0.2, -0.15) is 33.7 Å². The Morgan fingerprint density at radius 3 is 0.824 bits per heavy atom. The van der Waals surface area contributed by atoms with E-state index in [0.717, 1.165) is 27.7 Å². The van der Waals surface area contributed by atoms with E-state index < -0.39 is 93.4 Å². The lowest BCUT2D eigenvalue weighted by molar-refractivity contribution is 0.475. The minimum atomic E-state index is -5.24. The molecule has 190 valence electrons. The number of hydrogen-bond donors (Lipinski definition) is 4. The summed E-state index contributed by atoms with van der Waals surface area (Å²) in [6.45, 7) is 4.10. The van der Waals surface area contributed by atoms with Crippen LogP contribution in [0.25, 0.3) is 11.1 Å². The molecule has 34 heavy (non-hydrogen) atoms. The lowest BCUT2D eigenvalue weighted by Gasteiger charge is -2.24. The van der Waals surface area contributed by atoms with Crippen LogP contribution in [0.5, 0.6) is 0 Å². The number of hydrogen-bond acceptors (Lipinski definition) is 8. The second-order valence-electron chi connectivity index (χ2n) is 7.09. The highest BCUT2D eigenvalue weighted by atomic mass is 127. The Hall–Kier alpha value is -0.460. The Kier molecular flexibility index (Phi) is 7.99. The van der Waals surface area contributed by atoms with Gasteiger partial charge in [-0.1, -0.05) is 0 Å². The molecule has 0 aliphatic rings. The first-order chi connectivity index (χ1) is 15.0. The van der Waals surface area contributed by atoms with Crippen molar-refractivity contribution in [2.24, 2.45) is 0 Å². The first-order valence-electron chi connectivity index (χ1n) is 8.51. The molecule has 0 spiro atoms. The third-order valence-electron chi connectivity index (χ3n) is 4.91. The first kappa shape index (κ1) is 29.8. The molecule has 0 fully saturated rings. The van der Waals surface area contributed by atoms with Crippen LogP contribution in [0.1, 0.15) is 22.3 Å². The van der Waals surface area contributed by atoms with Gasteiger partial charge in [-0.05, 0) is 95.1 Å². The lowest BCUT2D eigenvalue weighted by atomic mass is 9.93. The molecular weight excluding hydrogens is 766 g/mol. The molecule has 0 heterocycles. The first-order valence-corrected chi connectivity index (χ1v) is 16.4. The van der Waals surface area contributed by atoms with E-state index in [0.29, 0.717) is 0 Å². The van der Waals surface area contributed by atoms with E-state index in [2.05, 4.69) is 0 Å². The van der Waals surface area contributed by atoms with Gasteiger partial charge in [-0.15, -0.1) is 0 Å². The molecule has 12 nitrogen and oxygen atoms in total. The van der Waals surface area contributed by atoms with E-state index in [4.69, 9.17) is 0 Å². The summed E-state index contributed by atoms with van der Waals surface area (Å²) in [4.78, 5) is -3.65. The molecule has 0 aliphatic heterocycles. The van der Waals surface area contributed by atoms with Crippen LogP contribution in [0.3, 0.4) is 0 Å². The second kappa shape index (κ2) is 9.13. The fraction of sp³-hybridized carbons (Fsp3) is 0.250. The van der Waals surface area contributed by atoms with Crippen LogP contribution in [0.2, 0.25) is 0 Å². The quantitative estimate of drug-likeness (QED) is 0.255. The standard InChI is InChI=1S/C16H16I2O12S4/c1-5-9(13(31(19,20)21)7(3)11(17)15(5)33(25,26)27)10-6(2)16(34(28,29)30)12(18)8(4)14(10)32(22,23)24/h1-4H3,(H,19,20,21)(H,22,23,24)(H,25,26,27)(H,28,29,30). The zero-order chi connectivity index (χ0) is 26.9. The van der Waals surface area contributed by atoms with Crippen molar-refractivity contribution < 1.29 is 51.9 Å². The van der Waals surface area contributed by atoms with Crippen LogP contribution in [0, 0.1) is 34.8 Å². The van der Waals surface area contributed by atoms with E-state index in [1.54, 1.807) is 0 Å². The van der Waals surface area contributed by atoms with Gasteiger partial charge in [0.1, 0.15) is 19.6 Å². The fourth-order valence-electron chi connectivity index (χ4n) is 3.67. The summed E-state index contributed by atoms with van der Waals surface area (Å²) in [6.07, 6.45) is 0. The average Bonchev–Trinajstić information content (AvgIpc) is 2.56. The van der Waals surface area contributed by atoms with Gasteiger partial charge in [-0.3, -0.25) is 18.2 Å². The van der Waals surface area contributed by atoms with Crippen LogP contribution in [-0.4, -0.2) is 51.9 Å². The molecule has 0 amide bonds. The molecule has 0 unspecified atom stereocenters. The van der Waals surface area contributed by atoms with Crippen LogP contribution in [-0.2, 0) is 40.5 Å². The van der Waals surface area contributed by atoms with Gasteiger partial charge in [0, 0.05) is 18.3 Å². The number of halogens is 2. The van der Waals surface area contributed by atoms with Crippen LogP contribution in [0.15, 0.2) is 19.6 Å². The molecule has 2 aromatic carbocycles. The van der Waals surface area contributed by atoms with Gasteiger partial charge in [-0.25, -0.2) is 0 Å². The molecule has 0 radical (unpaired) electrons. The highest BCUT2D eigenvalue weighted by molar-refractivity contribution is 14.1. The molecule has 4 N–H and O–H groups in total.